The summed E-state index contributed by atoms with van der Waals surface area (Å²) < 4.78 is -1.08. The molecule has 0 spiro atoms. The van der Waals surface area contributed by atoms with Gasteiger partial charge in [0.1, 0.15) is 0 Å². The van der Waals surface area contributed by atoms with Gasteiger partial charge in [-0.05, 0) is 5.04 Å². The van der Waals surface area contributed by atoms with Gasteiger partial charge in [-0.25, -0.2) is 0 Å². The summed E-state index contributed by atoms with van der Waals surface area (Å²) in [4.78, 5) is 0. The van der Waals surface area contributed by atoms with E-state index in [4.69, 9.17) is 34.8 Å². The van der Waals surface area contributed by atoms with Crippen molar-refractivity contribution >= 4 is 45.0 Å². The Morgan fingerprint density at radius 1 is 1.12 bits per heavy atom. The van der Waals surface area contributed by atoms with E-state index in [2.05, 4.69) is 0 Å². The zero-order valence-corrected chi connectivity index (χ0v) is 9.40. The summed E-state index contributed by atoms with van der Waals surface area (Å²) in [6, 6.07) is 0. The maximum atomic E-state index is 5.57. The number of alkyl halides is 3. The van der Waals surface area contributed by atoms with Crippen molar-refractivity contribution in [2.24, 2.45) is 0 Å². The summed E-state index contributed by atoms with van der Waals surface area (Å²) in [5.41, 5.74) is 0. The third kappa shape index (κ3) is 2.58. The predicted octanol–water partition coefficient (Wildman–Crippen LogP) is 1.92. The van der Waals surface area contributed by atoms with Crippen molar-refractivity contribution in [1.29, 1.82) is 0 Å². The second-order valence-corrected chi connectivity index (χ2v) is 7.53. The van der Waals surface area contributed by atoms with Crippen LogP contribution in [0, 0.1) is 0 Å². The number of rotatable bonds is 0. The van der Waals surface area contributed by atoms with E-state index < -0.39 is 3.79 Å². The smallest absolute Gasteiger partial charge is 0.0835 e. The Bertz CT molecular complexity index is 66.3. The highest BCUT2D eigenvalue weighted by Gasteiger charge is 2.35. The summed E-state index contributed by atoms with van der Waals surface area (Å²) in [6.07, 6.45) is 0. The Labute approximate surface area is 67.9 Å². The van der Waals surface area contributed by atoms with Crippen LogP contribution < -0.4 is 0 Å². The van der Waals surface area contributed by atoms with Crippen LogP contribution in [0.1, 0.15) is 13.8 Å². The van der Waals surface area contributed by atoms with Gasteiger partial charge < -0.3 is 0 Å². The average Bonchev–Trinajstić information content (AvgIpc) is 1.25. The molecule has 0 saturated carbocycles. The molecule has 0 N–H and O–H groups in total. The minimum atomic E-state index is -1.08. The fraction of sp³-hybridized carbons (Fsp3) is 1.00. The topological polar surface area (TPSA) is 0 Å². The lowest BCUT2D eigenvalue weighted by Crippen LogP contribution is -2.21. The van der Waals surface area contributed by atoms with Crippen LogP contribution in [0.4, 0.5) is 0 Å². The fourth-order valence-electron chi connectivity index (χ4n) is 0. The van der Waals surface area contributed by atoms with Crippen molar-refractivity contribution in [3.63, 3.8) is 0 Å². The second kappa shape index (κ2) is 2.37. The second-order valence-electron chi connectivity index (χ2n) is 2.75. The zero-order chi connectivity index (χ0) is 7.00. The maximum absolute atomic E-state index is 5.57. The first kappa shape index (κ1) is 9.09. The molecule has 0 aliphatic heterocycles. The largest absolute Gasteiger partial charge is 0.192 e. The molecule has 50 valence electrons. The van der Waals surface area contributed by atoms with E-state index in [1.165, 1.54) is 0 Å². The number of hydrogen-bond acceptors (Lipinski definition) is 0. The van der Waals surface area contributed by atoms with E-state index in [1.807, 2.05) is 13.8 Å². The maximum Gasteiger partial charge on any atom is 0.192 e. The molecule has 0 aliphatic carbocycles. The lowest BCUT2D eigenvalue weighted by molar-refractivity contribution is 0.699. The first-order valence-corrected chi connectivity index (χ1v) is 4.45. The van der Waals surface area contributed by atoms with Crippen LogP contribution in [-0.4, -0.2) is 14.0 Å². The Morgan fingerprint density at radius 3 is 1.25 bits per heavy atom. The van der Waals surface area contributed by atoms with E-state index in [9.17, 15) is 0 Å². The summed E-state index contributed by atoms with van der Waals surface area (Å²) in [5, 5.41) is -0.127. The van der Waals surface area contributed by atoms with Gasteiger partial charge in [-0.15, -0.1) is 0 Å². The molecule has 0 radical (unpaired) electrons. The molecule has 0 atom stereocenters. The van der Waals surface area contributed by atoms with Crippen molar-refractivity contribution in [3.8, 4) is 0 Å². The summed E-state index contributed by atoms with van der Waals surface area (Å²) >= 11 is 16.7. The van der Waals surface area contributed by atoms with E-state index in [1.54, 1.807) is 0 Å². The summed E-state index contributed by atoms with van der Waals surface area (Å²) in [5.74, 6) is 0. The molecule has 0 rings (SSSR count). The molecule has 0 aromatic heterocycles. The molecule has 8 heavy (non-hydrogen) atoms. The van der Waals surface area contributed by atoms with Crippen molar-refractivity contribution in [1.82, 2.24) is 0 Å². The van der Waals surface area contributed by atoms with E-state index in [-0.39, 0.29) is 5.04 Å². The van der Waals surface area contributed by atoms with Crippen LogP contribution in [0.25, 0.3) is 0 Å². The van der Waals surface area contributed by atoms with Gasteiger partial charge in [0.25, 0.3) is 0 Å². The number of hydrogen-bond donors (Lipinski definition) is 0. The monoisotopic (exact) mass is 190 g/mol. The van der Waals surface area contributed by atoms with Crippen molar-refractivity contribution in [2.45, 2.75) is 22.7 Å². The van der Waals surface area contributed by atoms with Crippen LogP contribution in [0.5, 0.6) is 0 Å². The van der Waals surface area contributed by atoms with Gasteiger partial charge in [0, 0.05) is 10.2 Å². The van der Waals surface area contributed by atoms with Crippen molar-refractivity contribution < 1.29 is 0 Å². The molecule has 0 amide bonds. The molecule has 0 unspecified atom stereocenters. The Balaban J connectivity index is 4.02. The van der Waals surface area contributed by atoms with Gasteiger partial charge in [-0.3, -0.25) is 0 Å². The van der Waals surface area contributed by atoms with Gasteiger partial charge in [-0.2, -0.15) is 0 Å². The minimum absolute atomic E-state index is 0.127. The van der Waals surface area contributed by atoms with Crippen LogP contribution in [0.2, 0.25) is 5.04 Å². The van der Waals surface area contributed by atoms with Crippen LogP contribution >= 0.6 is 34.8 Å². The molecule has 0 aromatic carbocycles. The molecular weight excluding hydrogens is 182 g/mol. The van der Waals surface area contributed by atoms with E-state index >= 15 is 0 Å². The summed E-state index contributed by atoms with van der Waals surface area (Å²) in [6.45, 7) is 3.87. The highest BCUT2D eigenvalue weighted by atomic mass is 35.6. The Kier molecular flexibility index (Phi) is 2.69. The van der Waals surface area contributed by atoms with Crippen LogP contribution in [0.3, 0.4) is 0 Å². The minimum Gasteiger partial charge on any atom is -0.0835 e. The zero-order valence-electron chi connectivity index (χ0n) is 5.13. The molecule has 0 nitrogen and oxygen atoms in total. The van der Waals surface area contributed by atoms with E-state index in [0.717, 1.165) is 10.2 Å². The molecule has 0 bridgehead atoms. The Hall–Kier alpha value is 1.09. The quantitative estimate of drug-likeness (QED) is 0.405. The molecular formula is C4H9Cl3Si. The highest BCUT2D eigenvalue weighted by molar-refractivity contribution is 6.70. The molecule has 0 saturated heterocycles. The first-order valence-electron chi connectivity index (χ1n) is 2.32. The fourth-order valence-corrected chi connectivity index (χ4v) is 0. The van der Waals surface area contributed by atoms with Gasteiger partial charge in [0.05, 0.1) is 0 Å². The molecule has 0 aromatic rings. The lowest BCUT2D eigenvalue weighted by Gasteiger charge is -2.27. The normalized spacial score (nSPS) is 14.6. The summed E-state index contributed by atoms with van der Waals surface area (Å²) in [7, 11) is 0.891. The average molecular weight is 192 g/mol. The van der Waals surface area contributed by atoms with Gasteiger partial charge in [-0.1, -0.05) is 48.7 Å². The van der Waals surface area contributed by atoms with Crippen LogP contribution in [-0.2, 0) is 0 Å². The predicted molar refractivity (Wildman–Crippen MR) is 44.3 cm³/mol. The standard InChI is InChI=1S/C4H9Cl3Si/c1-3(2,8)4(5,6)7/h1-2,8H3. The molecule has 4 heteroatoms. The SMILES string of the molecule is CC(C)([SiH3])C(Cl)(Cl)Cl. The third-order valence-electron chi connectivity index (χ3n) is 0.850. The van der Waals surface area contributed by atoms with Crippen LogP contribution in [0.15, 0.2) is 0 Å². The van der Waals surface area contributed by atoms with Gasteiger partial charge in [0.15, 0.2) is 3.79 Å². The van der Waals surface area contributed by atoms with E-state index in [0.29, 0.717) is 0 Å². The highest BCUT2D eigenvalue weighted by Crippen LogP contribution is 2.46. The number of halogens is 3. The van der Waals surface area contributed by atoms with Crippen molar-refractivity contribution in [2.75, 3.05) is 0 Å². The molecule has 0 heterocycles. The van der Waals surface area contributed by atoms with Gasteiger partial charge in [0.2, 0.25) is 0 Å². The lowest BCUT2D eigenvalue weighted by atomic mass is 10.2. The Morgan fingerprint density at radius 2 is 1.25 bits per heavy atom. The molecule has 0 aliphatic rings. The molecule has 0 fully saturated rings. The first-order chi connectivity index (χ1) is 3.25. The van der Waals surface area contributed by atoms with Crippen molar-refractivity contribution in [3.05, 3.63) is 0 Å². The third-order valence-corrected chi connectivity index (χ3v) is 4.25. The van der Waals surface area contributed by atoms with Gasteiger partial charge >= 0.3 is 0 Å².